The average molecular weight is 309 g/mol. The Morgan fingerprint density at radius 1 is 0.583 bits per heavy atom. The smallest absolute Gasteiger partial charge is 0.0458 e. The second-order valence-corrected chi connectivity index (χ2v) is 5.84. The number of para-hydroxylation sites is 2. The molecule has 0 aromatic heterocycles. The van der Waals surface area contributed by atoms with E-state index >= 15 is 0 Å². The maximum Gasteiger partial charge on any atom is 0.0458 e. The lowest BCUT2D eigenvalue weighted by Crippen LogP contribution is -2.16. The van der Waals surface area contributed by atoms with E-state index in [1.54, 1.807) is 0 Å². The predicted molar refractivity (Wildman–Crippen MR) is 102 cm³/mol. The van der Waals surface area contributed by atoms with Gasteiger partial charge in [-0.1, -0.05) is 78.9 Å². The summed E-state index contributed by atoms with van der Waals surface area (Å²) in [7, 11) is 0. The molecule has 1 aliphatic rings. The largest absolute Gasteiger partial charge is 0.313 e. The molecule has 1 nitrogen and oxygen atoms in total. The van der Waals surface area contributed by atoms with E-state index in [4.69, 9.17) is 0 Å². The number of benzene rings is 3. The highest BCUT2D eigenvalue weighted by molar-refractivity contribution is 5.85. The van der Waals surface area contributed by atoms with Gasteiger partial charge in [-0.3, -0.25) is 0 Å². The van der Waals surface area contributed by atoms with E-state index in [0.717, 1.165) is 6.42 Å². The van der Waals surface area contributed by atoms with Gasteiger partial charge in [0, 0.05) is 29.1 Å². The van der Waals surface area contributed by atoms with Crippen LogP contribution in [0.1, 0.15) is 12.0 Å². The van der Waals surface area contributed by atoms with E-state index in [2.05, 4.69) is 108 Å². The number of nitrogens with zero attached hydrogens (tertiary/aromatic N) is 1. The van der Waals surface area contributed by atoms with Crippen LogP contribution in [0, 0.1) is 0 Å². The van der Waals surface area contributed by atoms with Gasteiger partial charge in [0.2, 0.25) is 0 Å². The molecule has 3 aromatic rings. The average Bonchev–Trinajstić information content (AvgIpc) is 3.14. The van der Waals surface area contributed by atoms with Gasteiger partial charge in [0.15, 0.2) is 0 Å². The van der Waals surface area contributed by atoms with Crippen LogP contribution < -0.4 is 4.90 Å². The summed E-state index contributed by atoms with van der Waals surface area (Å²) in [5.74, 6) is 0. The predicted octanol–water partition coefficient (Wildman–Crippen LogP) is 6.20. The Morgan fingerprint density at radius 3 is 1.62 bits per heavy atom. The fraction of sp³-hybridized carbons (Fsp3) is 0.0435. The second kappa shape index (κ2) is 6.59. The van der Waals surface area contributed by atoms with Gasteiger partial charge in [0.1, 0.15) is 0 Å². The summed E-state index contributed by atoms with van der Waals surface area (Å²) >= 11 is 0. The van der Waals surface area contributed by atoms with E-state index in [0.29, 0.717) is 0 Å². The first-order valence-corrected chi connectivity index (χ1v) is 8.29. The van der Waals surface area contributed by atoms with Gasteiger partial charge in [-0.2, -0.15) is 0 Å². The van der Waals surface area contributed by atoms with Crippen molar-refractivity contribution in [3.8, 4) is 0 Å². The second-order valence-electron chi connectivity index (χ2n) is 5.84. The highest BCUT2D eigenvalue weighted by Crippen LogP contribution is 2.38. The Kier molecular flexibility index (Phi) is 3.99. The minimum atomic E-state index is 0.939. The van der Waals surface area contributed by atoms with E-state index in [9.17, 15) is 0 Å². The third-order valence-corrected chi connectivity index (χ3v) is 4.29. The summed E-state index contributed by atoms with van der Waals surface area (Å²) in [4.78, 5) is 2.36. The molecule has 0 N–H and O–H groups in total. The minimum absolute atomic E-state index is 0.939. The quantitative estimate of drug-likeness (QED) is 0.555. The Labute approximate surface area is 143 Å². The number of anilines is 2. The third kappa shape index (κ3) is 2.77. The van der Waals surface area contributed by atoms with Gasteiger partial charge in [-0.05, 0) is 29.8 Å². The molecule has 0 unspecified atom stereocenters. The first-order valence-electron chi connectivity index (χ1n) is 8.29. The van der Waals surface area contributed by atoms with Gasteiger partial charge in [-0.15, -0.1) is 0 Å². The van der Waals surface area contributed by atoms with Crippen molar-refractivity contribution >= 4 is 16.9 Å². The van der Waals surface area contributed by atoms with Gasteiger partial charge in [0.25, 0.3) is 0 Å². The molecule has 24 heavy (non-hydrogen) atoms. The Balaban J connectivity index is 1.88. The topological polar surface area (TPSA) is 3.24 Å². The summed E-state index contributed by atoms with van der Waals surface area (Å²) in [6.45, 7) is 0. The molecule has 3 aromatic carbocycles. The Morgan fingerprint density at radius 2 is 1.08 bits per heavy atom. The van der Waals surface area contributed by atoms with Crippen LogP contribution in [0.4, 0.5) is 11.4 Å². The summed E-state index contributed by atoms with van der Waals surface area (Å²) < 4.78 is 0. The zero-order valence-corrected chi connectivity index (χ0v) is 13.5. The van der Waals surface area contributed by atoms with Gasteiger partial charge >= 0.3 is 0 Å². The molecule has 116 valence electrons. The van der Waals surface area contributed by atoms with Crippen LogP contribution in [0.25, 0.3) is 5.57 Å². The van der Waals surface area contributed by atoms with Crippen LogP contribution in [-0.4, -0.2) is 0 Å². The standard InChI is InChI=1S/C23H19N/c1-4-11-19(12-5-1)22-17-10-18-23(22)24(20-13-6-2-7-14-20)21-15-8-3-9-16-21/h1-17H,18H2. The lowest BCUT2D eigenvalue weighted by molar-refractivity contribution is 1.10. The number of allylic oxidation sites excluding steroid dienone is 3. The normalized spacial score (nSPS) is 13.3. The maximum atomic E-state index is 2.36. The molecule has 0 amide bonds. The third-order valence-electron chi connectivity index (χ3n) is 4.29. The van der Waals surface area contributed by atoms with Crippen LogP contribution in [0.15, 0.2) is 109 Å². The number of hydrogen-bond acceptors (Lipinski definition) is 1. The summed E-state index contributed by atoms with van der Waals surface area (Å²) in [6, 6.07) is 31.8. The van der Waals surface area contributed by atoms with E-state index in [-0.39, 0.29) is 0 Å². The summed E-state index contributed by atoms with van der Waals surface area (Å²) in [5.41, 5.74) is 6.26. The van der Waals surface area contributed by atoms with Gasteiger partial charge in [-0.25, -0.2) is 0 Å². The summed E-state index contributed by atoms with van der Waals surface area (Å²) in [6.07, 6.45) is 5.42. The van der Waals surface area contributed by atoms with Crippen molar-refractivity contribution in [1.82, 2.24) is 0 Å². The van der Waals surface area contributed by atoms with Crippen molar-refractivity contribution < 1.29 is 0 Å². The highest BCUT2D eigenvalue weighted by Gasteiger charge is 2.20. The molecule has 0 atom stereocenters. The molecule has 1 aliphatic carbocycles. The summed E-state index contributed by atoms with van der Waals surface area (Å²) in [5, 5.41) is 0. The molecule has 0 bridgehead atoms. The van der Waals surface area contributed by atoms with Crippen molar-refractivity contribution in [3.05, 3.63) is 114 Å². The van der Waals surface area contributed by atoms with Crippen LogP contribution in [-0.2, 0) is 0 Å². The SMILES string of the molecule is C1=CC(c2ccccc2)=C(N(c2ccccc2)c2ccccc2)C1. The van der Waals surface area contributed by atoms with Crippen molar-refractivity contribution in [2.24, 2.45) is 0 Å². The highest BCUT2D eigenvalue weighted by atomic mass is 15.2. The van der Waals surface area contributed by atoms with E-state index < -0.39 is 0 Å². The first-order chi connectivity index (χ1) is 11.9. The van der Waals surface area contributed by atoms with Crippen LogP contribution >= 0.6 is 0 Å². The molecule has 0 radical (unpaired) electrons. The lowest BCUT2D eigenvalue weighted by Gasteiger charge is -2.28. The molecular formula is C23H19N. The van der Waals surface area contributed by atoms with E-state index in [1.807, 2.05) is 0 Å². The molecule has 0 fully saturated rings. The molecule has 0 saturated carbocycles. The molecule has 0 aliphatic heterocycles. The van der Waals surface area contributed by atoms with E-state index in [1.165, 1.54) is 28.2 Å². The molecule has 0 heterocycles. The first kappa shape index (κ1) is 14.5. The molecule has 1 heteroatoms. The molecular weight excluding hydrogens is 290 g/mol. The Bertz CT molecular complexity index is 822. The van der Waals surface area contributed by atoms with Crippen molar-refractivity contribution in [1.29, 1.82) is 0 Å². The van der Waals surface area contributed by atoms with Gasteiger partial charge in [0.05, 0.1) is 0 Å². The van der Waals surface area contributed by atoms with Crippen LogP contribution in [0.3, 0.4) is 0 Å². The zero-order valence-electron chi connectivity index (χ0n) is 13.5. The fourth-order valence-electron chi connectivity index (χ4n) is 3.20. The molecule has 4 rings (SSSR count). The van der Waals surface area contributed by atoms with Crippen molar-refractivity contribution in [2.75, 3.05) is 4.90 Å². The minimum Gasteiger partial charge on any atom is -0.313 e. The van der Waals surface area contributed by atoms with Crippen LogP contribution in [0.5, 0.6) is 0 Å². The van der Waals surface area contributed by atoms with Crippen molar-refractivity contribution in [3.63, 3.8) is 0 Å². The lowest BCUT2D eigenvalue weighted by atomic mass is 10.0. The van der Waals surface area contributed by atoms with Crippen LogP contribution in [0.2, 0.25) is 0 Å². The van der Waals surface area contributed by atoms with Gasteiger partial charge < -0.3 is 4.90 Å². The van der Waals surface area contributed by atoms with Crippen molar-refractivity contribution in [2.45, 2.75) is 6.42 Å². The molecule has 0 spiro atoms. The maximum absolute atomic E-state index is 2.36. The fourth-order valence-corrected chi connectivity index (χ4v) is 3.20. The number of hydrogen-bond donors (Lipinski definition) is 0. The monoisotopic (exact) mass is 309 g/mol. The Hall–Kier alpha value is -3.06. The number of rotatable bonds is 4. The zero-order chi connectivity index (χ0) is 16.2. The molecule has 0 saturated heterocycles.